The van der Waals surface area contributed by atoms with Gasteiger partial charge in [-0.15, -0.1) is 0 Å². The van der Waals surface area contributed by atoms with Gasteiger partial charge in [0.05, 0.1) is 0 Å². The first-order valence-corrected chi connectivity index (χ1v) is 5.77. The lowest BCUT2D eigenvalue weighted by Crippen LogP contribution is -2.03. The van der Waals surface area contributed by atoms with Crippen LogP contribution in [0.25, 0.3) is 0 Å². The van der Waals surface area contributed by atoms with Gasteiger partial charge in [0.25, 0.3) is 0 Å². The van der Waals surface area contributed by atoms with Gasteiger partial charge in [0.1, 0.15) is 0 Å². The Balaban J connectivity index is 2.32. The summed E-state index contributed by atoms with van der Waals surface area (Å²) in [6.45, 7) is 2.51. The third-order valence-corrected chi connectivity index (χ3v) is 3.18. The summed E-state index contributed by atoms with van der Waals surface area (Å²) < 4.78 is 0. The number of rotatable bonds is 2. The second-order valence-electron chi connectivity index (χ2n) is 4.33. The highest BCUT2D eigenvalue weighted by atomic mass is 16.2. The number of H-pyrrole nitrogens is 1. The summed E-state index contributed by atoms with van der Waals surface area (Å²) in [4.78, 5) is 3.36. The van der Waals surface area contributed by atoms with E-state index in [1.54, 1.807) is 0 Å². The van der Waals surface area contributed by atoms with Crippen LogP contribution in [0.3, 0.4) is 0 Å². The van der Waals surface area contributed by atoms with Crippen LogP contribution in [-0.4, -0.2) is 16.7 Å². The summed E-state index contributed by atoms with van der Waals surface area (Å²) in [6.07, 6.45) is 10.7. The summed E-state index contributed by atoms with van der Waals surface area (Å²) in [7, 11) is 0. The summed E-state index contributed by atoms with van der Waals surface area (Å²) >= 11 is 0. The van der Waals surface area contributed by atoms with Crippen LogP contribution in [0, 0.1) is 0 Å². The summed E-state index contributed by atoms with van der Waals surface area (Å²) in [5.41, 5.74) is 4.12. The smallest absolute Gasteiger partial charge is 0.0472 e. The lowest BCUT2D eigenvalue weighted by atomic mass is 9.90. The van der Waals surface area contributed by atoms with Crippen molar-refractivity contribution in [3.8, 4) is 0 Å². The van der Waals surface area contributed by atoms with Crippen molar-refractivity contribution in [1.29, 1.82) is 0 Å². The summed E-state index contributed by atoms with van der Waals surface area (Å²) in [5, 5.41) is 9.02. The molecular formula is C13H19NO. The fraction of sp³-hybridized carbons (Fsp3) is 0.538. The van der Waals surface area contributed by atoms with E-state index in [-0.39, 0.29) is 6.61 Å². The monoisotopic (exact) mass is 205 g/mol. The quantitative estimate of drug-likeness (QED) is 0.715. The molecule has 82 valence electrons. The second kappa shape index (κ2) is 4.67. The predicted octanol–water partition coefficient (Wildman–Crippen LogP) is 2.55. The van der Waals surface area contributed by atoms with Crippen LogP contribution in [0.2, 0.25) is 0 Å². The molecule has 1 aliphatic rings. The Hall–Kier alpha value is -1.02. The number of aromatic amines is 1. The van der Waals surface area contributed by atoms with Crippen LogP contribution in [0.1, 0.15) is 42.5 Å². The van der Waals surface area contributed by atoms with Gasteiger partial charge in [-0.1, -0.05) is 19.1 Å². The van der Waals surface area contributed by atoms with E-state index in [1.807, 2.05) is 0 Å². The molecule has 0 saturated heterocycles. The number of fused-ring (bicyclic) bond motifs is 1. The van der Waals surface area contributed by atoms with E-state index in [4.69, 9.17) is 5.11 Å². The zero-order valence-electron chi connectivity index (χ0n) is 9.29. The maximum Gasteiger partial charge on any atom is 0.0472 e. The molecular weight excluding hydrogens is 186 g/mol. The van der Waals surface area contributed by atoms with Crippen molar-refractivity contribution in [2.45, 2.75) is 38.5 Å². The average Bonchev–Trinajstić information content (AvgIpc) is 2.57. The standard InChI is InChI=1S/C13H19NO/c1-10-5-3-2-4-6-12-13(10)11(7-8-15)9-14-12/h2-3,9-10,14-15H,4-8H2,1H3/b3-2+. The van der Waals surface area contributed by atoms with E-state index >= 15 is 0 Å². The molecule has 0 aliphatic heterocycles. The van der Waals surface area contributed by atoms with Crippen LogP contribution in [0.5, 0.6) is 0 Å². The topological polar surface area (TPSA) is 36.0 Å². The summed E-state index contributed by atoms with van der Waals surface area (Å²) in [6, 6.07) is 0. The van der Waals surface area contributed by atoms with Gasteiger partial charge in [-0.25, -0.2) is 0 Å². The normalized spacial score (nSPS) is 22.9. The molecule has 1 unspecified atom stereocenters. The zero-order chi connectivity index (χ0) is 10.7. The molecule has 0 bridgehead atoms. The Morgan fingerprint density at radius 3 is 3.13 bits per heavy atom. The molecule has 1 aliphatic carbocycles. The highest BCUT2D eigenvalue weighted by Gasteiger charge is 2.16. The fourth-order valence-corrected chi connectivity index (χ4v) is 2.44. The van der Waals surface area contributed by atoms with Gasteiger partial charge < -0.3 is 10.1 Å². The van der Waals surface area contributed by atoms with E-state index < -0.39 is 0 Å². The Bertz CT molecular complexity index is 351. The van der Waals surface area contributed by atoms with Gasteiger partial charge in [0, 0.05) is 18.5 Å². The zero-order valence-corrected chi connectivity index (χ0v) is 9.29. The first-order valence-electron chi connectivity index (χ1n) is 5.77. The third kappa shape index (κ3) is 2.15. The van der Waals surface area contributed by atoms with Gasteiger partial charge in [0.15, 0.2) is 0 Å². The van der Waals surface area contributed by atoms with Gasteiger partial charge in [-0.2, -0.15) is 0 Å². The Labute approximate surface area is 91.0 Å². The minimum absolute atomic E-state index is 0.243. The number of hydrogen-bond acceptors (Lipinski definition) is 1. The van der Waals surface area contributed by atoms with Gasteiger partial charge in [-0.3, -0.25) is 0 Å². The van der Waals surface area contributed by atoms with Gasteiger partial charge in [0.2, 0.25) is 0 Å². The minimum atomic E-state index is 0.243. The second-order valence-corrected chi connectivity index (χ2v) is 4.33. The number of nitrogens with one attached hydrogen (secondary N) is 1. The van der Waals surface area contributed by atoms with Crippen molar-refractivity contribution in [3.05, 3.63) is 35.2 Å². The van der Waals surface area contributed by atoms with Crippen molar-refractivity contribution in [3.63, 3.8) is 0 Å². The van der Waals surface area contributed by atoms with Crippen molar-refractivity contribution in [1.82, 2.24) is 4.98 Å². The molecule has 15 heavy (non-hydrogen) atoms. The number of aliphatic hydroxyl groups excluding tert-OH is 1. The Kier molecular flexibility index (Phi) is 3.27. The molecule has 2 nitrogen and oxygen atoms in total. The molecule has 0 saturated carbocycles. The molecule has 2 heteroatoms. The first-order chi connectivity index (χ1) is 7.33. The molecule has 0 aromatic carbocycles. The molecule has 1 heterocycles. The number of aromatic nitrogens is 1. The van der Waals surface area contributed by atoms with Crippen LogP contribution in [-0.2, 0) is 12.8 Å². The van der Waals surface area contributed by atoms with Gasteiger partial charge >= 0.3 is 0 Å². The lowest BCUT2D eigenvalue weighted by molar-refractivity contribution is 0.299. The van der Waals surface area contributed by atoms with Crippen molar-refractivity contribution in [2.75, 3.05) is 6.61 Å². The summed E-state index contributed by atoms with van der Waals surface area (Å²) in [5.74, 6) is 0.573. The Morgan fingerprint density at radius 1 is 1.47 bits per heavy atom. The first kappa shape index (κ1) is 10.5. The molecule has 2 N–H and O–H groups in total. The van der Waals surface area contributed by atoms with E-state index in [9.17, 15) is 0 Å². The van der Waals surface area contributed by atoms with E-state index in [0.717, 1.165) is 25.7 Å². The molecule has 0 spiro atoms. The largest absolute Gasteiger partial charge is 0.396 e. The van der Waals surface area contributed by atoms with Crippen LogP contribution < -0.4 is 0 Å². The molecule has 1 aromatic rings. The molecule has 2 rings (SSSR count). The minimum Gasteiger partial charge on any atom is -0.396 e. The number of aryl methyl sites for hydroxylation is 1. The SMILES string of the molecule is CC1C/C=C/CCc2[nH]cc(CCO)c21. The number of aliphatic hydroxyl groups is 1. The maximum absolute atomic E-state index is 9.02. The highest BCUT2D eigenvalue weighted by Crippen LogP contribution is 2.29. The van der Waals surface area contributed by atoms with Crippen molar-refractivity contribution in [2.24, 2.45) is 0 Å². The van der Waals surface area contributed by atoms with E-state index in [1.165, 1.54) is 16.8 Å². The molecule has 0 fully saturated rings. The number of allylic oxidation sites excluding steroid dienone is 2. The van der Waals surface area contributed by atoms with E-state index in [2.05, 4.69) is 30.3 Å². The fourth-order valence-electron chi connectivity index (χ4n) is 2.44. The predicted molar refractivity (Wildman–Crippen MR) is 62.1 cm³/mol. The molecule has 1 aromatic heterocycles. The molecule has 1 atom stereocenters. The third-order valence-electron chi connectivity index (χ3n) is 3.18. The number of hydrogen-bond donors (Lipinski definition) is 2. The van der Waals surface area contributed by atoms with Crippen molar-refractivity contribution >= 4 is 0 Å². The van der Waals surface area contributed by atoms with Crippen LogP contribution in [0.4, 0.5) is 0 Å². The van der Waals surface area contributed by atoms with Crippen molar-refractivity contribution < 1.29 is 5.11 Å². The maximum atomic E-state index is 9.02. The average molecular weight is 205 g/mol. The van der Waals surface area contributed by atoms with Crippen LogP contribution >= 0.6 is 0 Å². The van der Waals surface area contributed by atoms with Gasteiger partial charge in [-0.05, 0) is 42.7 Å². The molecule has 0 radical (unpaired) electrons. The van der Waals surface area contributed by atoms with E-state index in [0.29, 0.717) is 5.92 Å². The Morgan fingerprint density at radius 2 is 2.33 bits per heavy atom. The lowest BCUT2D eigenvalue weighted by Gasteiger charge is -2.15. The highest BCUT2D eigenvalue weighted by molar-refractivity contribution is 5.35. The van der Waals surface area contributed by atoms with Crippen LogP contribution in [0.15, 0.2) is 18.3 Å². The molecule has 0 amide bonds.